The molecule has 28 heavy (non-hydrogen) atoms. The minimum Gasteiger partial charge on any atom is -0.322 e. The monoisotopic (exact) mass is 378 g/mol. The molecule has 1 aliphatic carbocycles. The molecule has 148 valence electrons. The number of pyridine rings is 1. The van der Waals surface area contributed by atoms with E-state index >= 15 is 0 Å². The van der Waals surface area contributed by atoms with Crippen LogP contribution in [0.1, 0.15) is 56.2 Å². The molecule has 1 aliphatic heterocycles. The Bertz CT molecular complexity index is 922. The minimum atomic E-state index is 0.0210. The number of fused-ring (bicyclic) bond motifs is 1. The molecule has 1 N–H and O–H groups in total. The molecule has 1 fully saturated rings. The number of carbonyl (C=O) groups excluding carboxylic acids is 1. The highest BCUT2D eigenvalue weighted by atomic mass is 16.1. The van der Waals surface area contributed by atoms with Gasteiger partial charge in [0.1, 0.15) is 6.29 Å². The average Bonchev–Trinajstić information content (AvgIpc) is 2.75. The zero-order chi connectivity index (χ0) is 19.5. The van der Waals surface area contributed by atoms with E-state index in [1.54, 1.807) is 0 Å². The van der Waals surface area contributed by atoms with E-state index in [-0.39, 0.29) is 11.5 Å². The standard InChI is InChI=1S/C24H30N2O2/c1-2-18-14-21-15-20(8-9-22(21)25-24(18)28)23(19-6-4-3-5-7-19)26-12-10-17(16-27)11-13-26/h3-4,8-9,14-17,19,23H,2,5-7,10-13H2,1H3,(H,25,28). The summed E-state index contributed by atoms with van der Waals surface area (Å²) in [6.07, 6.45) is 11.9. The van der Waals surface area contributed by atoms with Gasteiger partial charge in [0.25, 0.3) is 5.56 Å². The second-order valence-electron chi connectivity index (χ2n) is 8.32. The minimum absolute atomic E-state index is 0.0210. The van der Waals surface area contributed by atoms with Crippen LogP contribution in [0.4, 0.5) is 0 Å². The molecule has 0 saturated carbocycles. The maximum absolute atomic E-state index is 12.1. The molecule has 1 aromatic carbocycles. The van der Waals surface area contributed by atoms with Gasteiger partial charge in [0.2, 0.25) is 0 Å². The summed E-state index contributed by atoms with van der Waals surface area (Å²) in [7, 11) is 0. The van der Waals surface area contributed by atoms with E-state index in [4.69, 9.17) is 0 Å². The van der Waals surface area contributed by atoms with Gasteiger partial charge >= 0.3 is 0 Å². The molecule has 1 saturated heterocycles. The fourth-order valence-corrected chi connectivity index (χ4v) is 4.94. The number of hydrogen-bond acceptors (Lipinski definition) is 3. The largest absolute Gasteiger partial charge is 0.322 e. The summed E-state index contributed by atoms with van der Waals surface area (Å²) in [5.41, 5.74) is 3.11. The van der Waals surface area contributed by atoms with E-state index in [0.29, 0.717) is 12.0 Å². The quantitative estimate of drug-likeness (QED) is 0.620. The number of H-pyrrole nitrogens is 1. The number of rotatable bonds is 5. The number of aromatic amines is 1. The van der Waals surface area contributed by atoms with Gasteiger partial charge in [-0.25, -0.2) is 0 Å². The Morgan fingerprint density at radius 2 is 2.00 bits per heavy atom. The molecule has 2 heterocycles. The molecule has 2 aliphatic rings. The highest BCUT2D eigenvalue weighted by Gasteiger charge is 2.32. The summed E-state index contributed by atoms with van der Waals surface area (Å²) in [5.74, 6) is 0.820. The SMILES string of the molecule is CCc1cc2cc(C(C3CC=CCC3)N3CCC(C=O)CC3)ccc2[nH]c1=O. The predicted octanol–water partition coefficient (Wildman–Crippen LogP) is 4.40. The first kappa shape index (κ1) is 19.1. The van der Waals surface area contributed by atoms with Crippen molar-refractivity contribution in [3.63, 3.8) is 0 Å². The zero-order valence-electron chi connectivity index (χ0n) is 16.7. The van der Waals surface area contributed by atoms with E-state index in [9.17, 15) is 9.59 Å². The third-order valence-electron chi connectivity index (χ3n) is 6.58. The molecule has 2 aromatic rings. The molecule has 2 atom stereocenters. The number of allylic oxidation sites excluding steroid dienone is 2. The molecule has 0 amide bonds. The number of aryl methyl sites for hydroxylation is 1. The number of hydrogen-bond donors (Lipinski definition) is 1. The Kier molecular flexibility index (Phi) is 5.77. The first-order valence-electron chi connectivity index (χ1n) is 10.7. The van der Waals surface area contributed by atoms with Crippen molar-refractivity contribution >= 4 is 17.2 Å². The first-order chi connectivity index (χ1) is 13.7. The maximum Gasteiger partial charge on any atom is 0.251 e. The molecule has 2 unspecified atom stereocenters. The van der Waals surface area contributed by atoms with Crippen molar-refractivity contribution in [1.82, 2.24) is 9.88 Å². The summed E-state index contributed by atoms with van der Waals surface area (Å²) in [4.78, 5) is 28.9. The molecule has 0 spiro atoms. The van der Waals surface area contributed by atoms with Gasteiger partial charge in [0.15, 0.2) is 0 Å². The van der Waals surface area contributed by atoms with Crippen molar-refractivity contribution in [2.75, 3.05) is 13.1 Å². The van der Waals surface area contributed by atoms with Crippen molar-refractivity contribution in [1.29, 1.82) is 0 Å². The van der Waals surface area contributed by atoms with Gasteiger partial charge in [0, 0.05) is 23.0 Å². The van der Waals surface area contributed by atoms with Crippen molar-refractivity contribution < 1.29 is 4.79 Å². The fourth-order valence-electron chi connectivity index (χ4n) is 4.94. The van der Waals surface area contributed by atoms with Crippen LogP contribution in [0.15, 0.2) is 41.2 Å². The number of aldehydes is 1. The molecule has 0 bridgehead atoms. The number of aromatic nitrogens is 1. The highest BCUT2D eigenvalue weighted by Crippen LogP contribution is 2.39. The van der Waals surface area contributed by atoms with Crippen LogP contribution in [0, 0.1) is 11.8 Å². The fraction of sp³-hybridized carbons (Fsp3) is 0.500. The Morgan fingerprint density at radius 3 is 2.68 bits per heavy atom. The van der Waals surface area contributed by atoms with Crippen LogP contribution in [0.3, 0.4) is 0 Å². The third kappa shape index (κ3) is 3.83. The molecule has 0 radical (unpaired) electrons. The number of likely N-dealkylation sites (tertiary alicyclic amines) is 1. The number of piperidine rings is 1. The Hall–Kier alpha value is -2.20. The Labute approximate surface area is 166 Å². The normalized spacial score (nSPS) is 22.4. The van der Waals surface area contributed by atoms with Gasteiger partial charge in [-0.15, -0.1) is 0 Å². The first-order valence-corrected chi connectivity index (χ1v) is 10.7. The third-order valence-corrected chi connectivity index (χ3v) is 6.58. The Morgan fingerprint density at radius 1 is 1.18 bits per heavy atom. The van der Waals surface area contributed by atoms with E-state index in [0.717, 1.165) is 67.9 Å². The smallest absolute Gasteiger partial charge is 0.251 e. The van der Waals surface area contributed by atoms with Gasteiger partial charge in [-0.3, -0.25) is 9.69 Å². The molecule has 4 heteroatoms. The summed E-state index contributed by atoms with van der Waals surface area (Å²) in [6.45, 7) is 3.99. The second-order valence-corrected chi connectivity index (χ2v) is 8.32. The molecule has 4 rings (SSSR count). The lowest BCUT2D eigenvalue weighted by Gasteiger charge is -2.41. The highest BCUT2D eigenvalue weighted by molar-refractivity contribution is 5.79. The summed E-state index contributed by atoms with van der Waals surface area (Å²) >= 11 is 0. The number of carbonyl (C=O) groups is 1. The maximum atomic E-state index is 12.1. The van der Waals surface area contributed by atoms with Gasteiger partial charge < -0.3 is 9.78 Å². The van der Waals surface area contributed by atoms with Crippen LogP contribution < -0.4 is 5.56 Å². The van der Waals surface area contributed by atoms with Crippen LogP contribution in [-0.2, 0) is 11.2 Å². The van der Waals surface area contributed by atoms with Crippen molar-refractivity contribution in [3.8, 4) is 0 Å². The Balaban J connectivity index is 1.71. The summed E-state index contributed by atoms with van der Waals surface area (Å²) < 4.78 is 0. The second kappa shape index (κ2) is 8.44. The van der Waals surface area contributed by atoms with Crippen molar-refractivity contribution in [3.05, 3.63) is 57.9 Å². The molecular formula is C24H30N2O2. The number of nitrogens with zero attached hydrogens (tertiary/aromatic N) is 1. The molecule has 1 aromatic heterocycles. The van der Waals surface area contributed by atoms with Crippen LogP contribution >= 0.6 is 0 Å². The molecular weight excluding hydrogens is 348 g/mol. The number of benzene rings is 1. The lowest BCUT2D eigenvalue weighted by molar-refractivity contribution is -0.112. The lowest BCUT2D eigenvalue weighted by atomic mass is 9.81. The van der Waals surface area contributed by atoms with Gasteiger partial charge in [-0.2, -0.15) is 0 Å². The van der Waals surface area contributed by atoms with E-state index in [2.05, 4.69) is 40.2 Å². The van der Waals surface area contributed by atoms with Crippen LogP contribution in [0.5, 0.6) is 0 Å². The van der Waals surface area contributed by atoms with Gasteiger partial charge in [-0.05, 0) is 86.7 Å². The number of nitrogens with one attached hydrogen (secondary N) is 1. The van der Waals surface area contributed by atoms with Crippen LogP contribution in [-0.4, -0.2) is 29.3 Å². The predicted molar refractivity (Wildman–Crippen MR) is 114 cm³/mol. The van der Waals surface area contributed by atoms with Crippen molar-refractivity contribution in [2.24, 2.45) is 11.8 Å². The van der Waals surface area contributed by atoms with Gasteiger partial charge in [0.05, 0.1) is 0 Å². The van der Waals surface area contributed by atoms with E-state index < -0.39 is 0 Å². The summed E-state index contributed by atoms with van der Waals surface area (Å²) in [6, 6.07) is 8.96. The van der Waals surface area contributed by atoms with Crippen molar-refractivity contribution in [2.45, 2.75) is 51.5 Å². The lowest BCUT2D eigenvalue weighted by Crippen LogP contribution is -2.40. The van der Waals surface area contributed by atoms with Crippen LogP contribution in [0.2, 0.25) is 0 Å². The van der Waals surface area contributed by atoms with Crippen LogP contribution in [0.25, 0.3) is 10.9 Å². The van der Waals surface area contributed by atoms with Gasteiger partial charge in [-0.1, -0.05) is 25.1 Å². The summed E-state index contributed by atoms with van der Waals surface area (Å²) in [5, 5.41) is 1.12. The van der Waals surface area contributed by atoms with E-state index in [1.807, 2.05) is 13.0 Å². The molecule has 4 nitrogen and oxygen atoms in total. The average molecular weight is 379 g/mol. The topological polar surface area (TPSA) is 53.2 Å². The zero-order valence-corrected chi connectivity index (χ0v) is 16.7. The van der Waals surface area contributed by atoms with E-state index in [1.165, 1.54) is 12.0 Å².